The molecule has 0 bridgehead atoms. The van der Waals surface area contributed by atoms with Crippen molar-refractivity contribution >= 4 is 11.9 Å². The largest absolute Gasteiger partial charge is 0.481 e. The molecule has 1 unspecified atom stereocenters. The molecule has 0 saturated carbocycles. The van der Waals surface area contributed by atoms with Crippen LogP contribution in [0.2, 0.25) is 0 Å². The molecule has 0 saturated heterocycles. The number of nitrogens with one attached hydrogen (secondary N) is 2. The van der Waals surface area contributed by atoms with E-state index in [0.29, 0.717) is 11.3 Å². The smallest absolute Gasteiger partial charge is 0.305 e. The van der Waals surface area contributed by atoms with Gasteiger partial charge >= 0.3 is 5.97 Å². The second-order valence-electron chi connectivity index (χ2n) is 5.59. The second kappa shape index (κ2) is 7.47. The summed E-state index contributed by atoms with van der Waals surface area (Å²) in [6, 6.07) is 12.5. The number of benzene rings is 1. The number of H-pyrrole nitrogens is 1. The first kappa shape index (κ1) is 17.2. The van der Waals surface area contributed by atoms with Crippen LogP contribution in [0.15, 0.2) is 65.7 Å². The van der Waals surface area contributed by atoms with Crippen LogP contribution in [0.4, 0.5) is 0 Å². The lowest BCUT2D eigenvalue weighted by atomic mass is 10.1. The van der Waals surface area contributed by atoms with Gasteiger partial charge in [0.15, 0.2) is 0 Å². The van der Waals surface area contributed by atoms with Crippen molar-refractivity contribution in [1.82, 2.24) is 20.1 Å². The number of rotatable bonds is 6. The quantitative estimate of drug-likeness (QED) is 0.621. The van der Waals surface area contributed by atoms with Gasteiger partial charge in [-0.25, -0.2) is 4.68 Å². The maximum Gasteiger partial charge on any atom is 0.305 e. The van der Waals surface area contributed by atoms with Crippen molar-refractivity contribution in [2.75, 3.05) is 0 Å². The zero-order valence-corrected chi connectivity index (χ0v) is 13.6. The summed E-state index contributed by atoms with van der Waals surface area (Å²) in [5.41, 5.74) is 0.801. The van der Waals surface area contributed by atoms with E-state index in [4.69, 9.17) is 5.11 Å². The molecule has 1 atom stereocenters. The summed E-state index contributed by atoms with van der Waals surface area (Å²) in [5, 5.41) is 14.5. The SMILES string of the molecule is O=C(O)CC(NC(=O)c1cc(=O)n(-c2ccccc2)[nH]1)c1cccnc1. The first-order valence-electron chi connectivity index (χ1n) is 7.84. The van der Waals surface area contributed by atoms with Crippen LogP contribution in [0.25, 0.3) is 5.69 Å². The summed E-state index contributed by atoms with van der Waals surface area (Å²) >= 11 is 0. The number of aliphatic carboxylic acids is 1. The zero-order valence-electron chi connectivity index (χ0n) is 13.6. The first-order chi connectivity index (χ1) is 12.5. The molecule has 26 heavy (non-hydrogen) atoms. The fourth-order valence-electron chi connectivity index (χ4n) is 2.53. The average Bonchev–Trinajstić information content (AvgIpc) is 3.04. The molecule has 3 aromatic rings. The number of pyridine rings is 1. The highest BCUT2D eigenvalue weighted by Gasteiger charge is 2.21. The van der Waals surface area contributed by atoms with Crippen LogP contribution in [0.1, 0.15) is 28.5 Å². The van der Waals surface area contributed by atoms with Crippen molar-refractivity contribution in [3.63, 3.8) is 0 Å². The van der Waals surface area contributed by atoms with E-state index in [1.807, 2.05) is 6.07 Å². The Morgan fingerprint density at radius 1 is 1.19 bits per heavy atom. The van der Waals surface area contributed by atoms with Gasteiger partial charge in [-0.1, -0.05) is 24.3 Å². The van der Waals surface area contributed by atoms with Gasteiger partial charge in [-0.05, 0) is 23.8 Å². The lowest BCUT2D eigenvalue weighted by molar-refractivity contribution is -0.137. The molecule has 0 radical (unpaired) electrons. The molecule has 0 aliphatic heterocycles. The van der Waals surface area contributed by atoms with E-state index in [0.717, 1.165) is 0 Å². The Kier molecular flexibility index (Phi) is 4.93. The molecule has 1 aromatic carbocycles. The van der Waals surface area contributed by atoms with Crippen molar-refractivity contribution in [2.45, 2.75) is 12.5 Å². The number of hydrogen-bond donors (Lipinski definition) is 3. The van der Waals surface area contributed by atoms with E-state index in [9.17, 15) is 14.4 Å². The molecule has 1 amide bonds. The van der Waals surface area contributed by atoms with Gasteiger partial charge in [0.25, 0.3) is 11.5 Å². The van der Waals surface area contributed by atoms with Gasteiger partial charge in [0, 0.05) is 18.5 Å². The number of carbonyl (C=O) groups excluding carboxylic acids is 1. The number of amides is 1. The Morgan fingerprint density at radius 3 is 2.62 bits per heavy atom. The third-order valence-electron chi connectivity index (χ3n) is 3.75. The molecule has 0 aliphatic rings. The highest BCUT2D eigenvalue weighted by atomic mass is 16.4. The number of nitrogens with zero attached hydrogens (tertiary/aromatic N) is 2. The first-order valence-corrected chi connectivity index (χ1v) is 7.84. The highest BCUT2D eigenvalue weighted by Crippen LogP contribution is 2.16. The van der Waals surface area contributed by atoms with E-state index in [2.05, 4.69) is 15.4 Å². The maximum atomic E-state index is 12.5. The van der Waals surface area contributed by atoms with Crippen molar-refractivity contribution in [3.05, 3.63) is 82.5 Å². The molecule has 0 spiro atoms. The maximum absolute atomic E-state index is 12.5. The Labute approximate surface area is 148 Å². The lowest BCUT2D eigenvalue weighted by Gasteiger charge is -2.16. The lowest BCUT2D eigenvalue weighted by Crippen LogP contribution is -2.30. The summed E-state index contributed by atoms with van der Waals surface area (Å²) in [5.74, 6) is -1.64. The molecule has 0 aliphatic carbocycles. The predicted octanol–water partition coefficient (Wildman–Crippen LogP) is 1.51. The van der Waals surface area contributed by atoms with Crippen LogP contribution < -0.4 is 10.9 Å². The molecular weight excluding hydrogens is 336 g/mol. The average molecular weight is 352 g/mol. The second-order valence-corrected chi connectivity index (χ2v) is 5.59. The van der Waals surface area contributed by atoms with Gasteiger partial charge in [0.2, 0.25) is 0 Å². The summed E-state index contributed by atoms with van der Waals surface area (Å²) in [6.07, 6.45) is 2.74. The van der Waals surface area contributed by atoms with E-state index >= 15 is 0 Å². The zero-order chi connectivity index (χ0) is 18.5. The molecule has 3 rings (SSSR count). The number of carbonyl (C=O) groups is 2. The molecule has 2 heterocycles. The normalized spacial score (nSPS) is 11.7. The molecule has 8 heteroatoms. The molecule has 132 valence electrons. The number of aromatic amines is 1. The van der Waals surface area contributed by atoms with Crippen LogP contribution in [-0.4, -0.2) is 31.7 Å². The molecule has 3 N–H and O–H groups in total. The summed E-state index contributed by atoms with van der Waals surface area (Å²) in [4.78, 5) is 39.7. The van der Waals surface area contributed by atoms with Gasteiger partial charge < -0.3 is 10.4 Å². The number of aromatic nitrogens is 3. The fourth-order valence-corrected chi connectivity index (χ4v) is 2.53. The van der Waals surface area contributed by atoms with E-state index < -0.39 is 23.5 Å². The van der Waals surface area contributed by atoms with Crippen molar-refractivity contribution in [3.8, 4) is 5.69 Å². The summed E-state index contributed by atoms with van der Waals surface area (Å²) in [7, 11) is 0. The van der Waals surface area contributed by atoms with E-state index in [1.165, 1.54) is 16.9 Å². The Hall–Kier alpha value is -3.68. The number of carboxylic acids is 1. The van der Waals surface area contributed by atoms with Crippen LogP contribution >= 0.6 is 0 Å². The molecular formula is C18H16N4O4. The van der Waals surface area contributed by atoms with Crippen LogP contribution in [0.5, 0.6) is 0 Å². The highest BCUT2D eigenvalue weighted by molar-refractivity contribution is 5.92. The van der Waals surface area contributed by atoms with E-state index in [1.54, 1.807) is 42.6 Å². The van der Waals surface area contributed by atoms with Crippen LogP contribution in [0, 0.1) is 0 Å². The number of carboxylic acid groups (broad SMARTS) is 1. The molecule has 8 nitrogen and oxygen atoms in total. The van der Waals surface area contributed by atoms with Gasteiger partial charge in [-0.15, -0.1) is 0 Å². The number of hydrogen-bond acceptors (Lipinski definition) is 4. The third kappa shape index (κ3) is 3.86. The van der Waals surface area contributed by atoms with Crippen molar-refractivity contribution in [2.24, 2.45) is 0 Å². The predicted molar refractivity (Wildman–Crippen MR) is 93.1 cm³/mol. The van der Waals surface area contributed by atoms with Crippen LogP contribution in [0.3, 0.4) is 0 Å². The van der Waals surface area contributed by atoms with Gasteiger partial charge in [-0.3, -0.25) is 24.5 Å². The topological polar surface area (TPSA) is 117 Å². The standard InChI is InChI=1S/C18H16N4O4/c23-16-9-15(21-22(16)13-6-2-1-3-7-13)18(26)20-14(10-17(24)25)12-5-4-8-19-11-12/h1-9,11,14,21H,10H2,(H,20,26)(H,24,25). The van der Waals surface area contributed by atoms with Gasteiger partial charge in [0.1, 0.15) is 5.69 Å². The third-order valence-corrected chi connectivity index (χ3v) is 3.75. The monoisotopic (exact) mass is 352 g/mol. The minimum atomic E-state index is -1.06. The molecule has 0 fully saturated rings. The fraction of sp³-hybridized carbons (Fsp3) is 0.111. The van der Waals surface area contributed by atoms with Gasteiger partial charge in [-0.2, -0.15) is 0 Å². The van der Waals surface area contributed by atoms with Crippen molar-refractivity contribution < 1.29 is 14.7 Å². The van der Waals surface area contributed by atoms with Gasteiger partial charge in [0.05, 0.1) is 18.2 Å². The van der Waals surface area contributed by atoms with Crippen LogP contribution in [-0.2, 0) is 4.79 Å². The van der Waals surface area contributed by atoms with E-state index in [-0.39, 0.29) is 12.1 Å². The molecule has 2 aromatic heterocycles. The Bertz CT molecular complexity index is 964. The van der Waals surface area contributed by atoms with Crippen molar-refractivity contribution in [1.29, 1.82) is 0 Å². The summed E-state index contributed by atoms with van der Waals surface area (Å²) < 4.78 is 1.24. The minimum absolute atomic E-state index is 0.0399. The Morgan fingerprint density at radius 2 is 1.96 bits per heavy atom. The Balaban J connectivity index is 1.84. The minimum Gasteiger partial charge on any atom is -0.481 e. The summed E-state index contributed by atoms with van der Waals surface area (Å²) in [6.45, 7) is 0. The number of para-hydroxylation sites is 1.